The van der Waals surface area contributed by atoms with Crippen LogP contribution in [0.25, 0.3) is 10.9 Å². The number of aliphatic hydroxyl groups is 1. The van der Waals surface area contributed by atoms with Crippen LogP contribution in [0.4, 0.5) is 0 Å². The number of thiocarbonyl (C=S) groups is 1. The van der Waals surface area contributed by atoms with Crippen molar-refractivity contribution in [3.63, 3.8) is 0 Å². The summed E-state index contributed by atoms with van der Waals surface area (Å²) in [7, 11) is 0. The van der Waals surface area contributed by atoms with Crippen LogP contribution in [-0.2, 0) is 6.42 Å². The van der Waals surface area contributed by atoms with Gasteiger partial charge in [-0.05, 0) is 23.3 Å². The summed E-state index contributed by atoms with van der Waals surface area (Å²) >= 11 is 5.55. The van der Waals surface area contributed by atoms with Crippen molar-refractivity contribution >= 4 is 28.1 Å². The van der Waals surface area contributed by atoms with Gasteiger partial charge >= 0.3 is 0 Å². The van der Waals surface area contributed by atoms with E-state index in [1.807, 2.05) is 42.5 Å². The fourth-order valence-electron chi connectivity index (χ4n) is 3.22. The molecule has 0 spiro atoms. The normalized spacial score (nSPS) is 19.5. The van der Waals surface area contributed by atoms with E-state index in [4.69, 9.17) is 12.2 Å². The lowest BCUT2D eigenvalue weighted by Gasteiger charge is -2.18. The molecule has 0 saturated heterocycles. The van der Waals surface area contributed by atoms with E-state index in [1.54, 1.807) is 0 Å². The van der Waals surface area contributed by atoms with Gasteiger partial charge in [0.15, 0.2) is 4.99 Å². The van der Waals surface area contributed by atoms with Gasteiger partial charge in [0, 0.05) is 23.9 Å². The van der Waals surface area contributed by atoms with E-state index in [0.29, 0.717) is 11.4 Å². The highest BCUT2D eigenvalue weighted by Crippen LogP contribution is 2.31. The van der Waals surface area contributed by atoms with Gasteiger partial charge in [0.25, 0.3) is 0 Å². The van der Waals surface area contributed by atoms with Gasteiger partial charge in [0.2, 0.25) is 11.2 Å². The summed E-state index contributed by atoms with van der Waals surface area (Å²) in [5.41, 5.74) is 4.21. The van der Waals surface area contributed by atoms with Crippen molar-refractivity contribution in [2.75, 3.05) is 0 Å². The molecule has 4 rings (SSSR count). The maximum Gasteiger partial charge on any atom is 0.238 e. The molecule has 2 atom stereocenters. The molecule has 0 amide bonds. The molecule has 2 unspecified atom stereocenters. The molecule has 3 nitrogen and oxygen atoms in total. The standard InChI is InChI=1S/C19H16N2OS/c22-17-11-13-6-1-3-7-14(13)18(17)21-19(23)16-10-9-12-5-2-4-8-15(12)20-16/h1-10,17-18,22H,11H2,(H,21,23)/p+1. The van der Waals surface area contributed by atoms with Crippen molar-refractivity contribution in [3.05, 3.63) is 77.5 Å². The number of benzene rings is 2. The van der Waals surface area contributed by atoms with Crippen LogP contribution in [0.1, 0.15) is 22.9 Å². The number of fused-ring (bicyclic) bond motifs is 2. The average Bonchev–Trinajstić information content (AvgIpc) is 2.90. The van der Waals surface area contributed by atoms with Crippen LogP contribution in [0.3, 0.4) is 0 Å². The second-order valence-corrected chi connectivity index (χ2v) is 6.29. The second kappa shape index (κ2) is 5.72. The Hall–Kier alpha value is -2.30. The third-order valence-corrected chi connectivity index (χ3v) is 4.73. The molecule has 114 valence electrons. The lowest BCUT2D eigenvalue weighted by molar-refractivity contribution is -0.347. The van der Waals surface area contributed by atoms with E-state index in [2.05, 4.69) is 28.5 Å². The topological polar surface area (TPSA) is 46.4 Å². The molecule has 2 aromatic carbocycles. The minimum absolute atomic E-state index is 0.154. The SMILES string of the molecule is OC1Cc2ccccc2C1NC(=S)c1ccc2ccccc2[nH+]1. The van der Waals surface area contributed by atoms with Crippen LogP contribution in [0, 0.1) is 0 Å². The molecular weight excluding hydrogens is 304 g/mol. The fraction of sp³-hybridized carbons (Fsp3) is 0.158. The third kappa shape index (κ3) is 2.60. The van der Waals surface area contributed by atoms with Crippen LogP contribution in [0.15, 0.2) is 60.7 Å². The van der Waals surface area contributed by atoms with E-state index in [-0.39, 0.29) is 6.04 Å². The molecule has 0 bridgehead atoms. The highest BCUT2D eigenvalue weighted by molar-refractivity contribution is 7.80. The zero-order valence-corrected chi connectivity index (χ0v) is 13.3. The number of H-pyrrole nitrogens is 1. The predicted octanol–water partition coefficient (Wildman–Crippen LogP) is 2.58. The summed E-state index contributed by atoms with van der Waals surface area (Å²) in [6.45, 7) is 0. The molecule has 23 heavy (non-hydrogen) atoms. The van der Waals surface area contributed by atoms with Crippen LogP contribution in [-0.4, -0.2) is 16.2 Å². The van der Waals surface area contributed by atoms with Gasteiger partial charge in [0.05, 0.1) is 12.1 Å². The largest absolute Gasteiger partial charge is 0.390 e. The summed E-state index contributed by atoms with van der Waals surface area (Å²) in [5.74, 6) is 0. The van der Waals surface area contributed by atoms with Gasteiger partial charge in [-0.15, -0.1) is 0 Å². The fourth-order valence-corrected chi connectivity index (χ4v) is 3.46. The van der Waals surface area contributed by atoms with E-state index >= 15 is 0 Å². The quantitative estimate of drug-likeness (QED) is 0.713. The van der Waals surface area contributed by atoms with Gasteiger partial charge in [-0.25, -0.2) is 4.98 Å². The minimum atomic E-state index is -0.453. The molecule has 4 heteroatoms. The Bertz CT molecular complexity index is 893. The Labute approximate surface area is 140 Å². The van der Waals surface area contributed by atoms with Crippen molar-refractivity contribution in [1.82, 2.24) is 5.32 Å². The first-order valence-electron chi connectivity index (χ1n) is 7.70. The lowest BCUT2D eigenvalue weighted by Crippen LogP contribution is -2.36. The molecule has 1 aromatic heterocycles. The van der Waals surface area contributed by atoms with Gasteiger partial charge in [-0.3, -0.25) is 0 Å². The molecule has 1 heterocycles. The summed E-state index contributed by atoms with van der Waals surface area (Å²) in [5, 5.41) is 14.8. The Morgan fingerprint density at radius 2 is 1.83 bits per heavy atom. The molecule has 3 aromatic rings. The molecular formula is C19H17N2OS+. The highest BCUT2D eigenvalue weighted by atomic mass is 32.1. The molecule has 0 aliphatic heterocycles. The van der Waals surface area contributed by atoms with Crippen LogP contribution < -0.4 is 10.3 Å². The minimum Gasteiger partial charge on any atom is -0.390 e. The molecule has 0 radical (unpaired) electrons. The third-order valence-electron chi connectivity index (χ3n) is 4.39. The first-order valence-corrected chi connectivity index (χ1v) is 8.11. The first-order chi connectivity index (χ1) is 11.2. The van der Waals surface area contributed by atoms with Gasteiger partial charge in [-0.1, -0.05) is 48.6 Å². The van der Waals surface area contributed by atoms with Crippen LogP contribution in [0.5, 0.6) is 0 Å². The number of pyridine rings is 1. The number of aromatic nitrogens is 1. The van der Waals surface area contributed by atoms with Crippen molar-refractivity contribution in [2.24, 2.45) is 0 Å². The summed E-state index contributed by atoms with van der Waals surface area (Å²) in [6, 6.07) is 20.1. The van der Waals surface area contributed by atoms with Crippen LogP contribution in [0.2, 0.25) is 0 Å². The van der Waals surface area contributed by atoms with Crippen molar-refractivity contribution < 1.29 is 10.1 Å². The van der Waals surface area contributed by atoms with Crippen LogP contribution >= 0.6 is 12.2 Å². The smallest absolute Gasteiger partial charge is 0.238 e. The number of hydrogen-bond acceptors (Lipinski definition) is 2. The van der Waals surface area contributed by atoms with Crippen molar-refractivity contribution in [3.8, 4) is 0 Å². The van der Waals surface area contributed by atoms with Crippen molar-refractivity contribution in [1.29, 1.82) is 0 Å². The van der Waals surface area contributed by atoms with E-state index in [9.17, 15) is 5.11 Å². The number of rotatable bonds is 2. The highest BCUT2D eigenvalue weighted by Gasteiger charge is 2.32. The summed E-state index contributed by atoms with van der Waals surface area (Å²) in [6.07, 6.45) is 0.212. The molecule has 0 saturated carbocycles. The second-order valence-electron chi connectivity index (χ2n) is 5.88. The van der Waals surface area contributed by atoms with Gasteiger partial charge in [-0.2, -0.15) is 0 Å². The monoisotopic (exact) mass is 321 g/mol. The zero-order valence-electron chi connectivity index (χ0n) is 12.5. The summed E-state index contributed by atoms with van der Waals surface area (Å²) in [4.78, 5) is 3.98. The molecule has 1 aliphatic rings. The first kappa shape index (κ1) is 14.3. The number of aromatic amines is 1. The van der Waals surface area contributed by atoms with E-state index < -0.39 is 6.10 Å². The Morgan fingerprint density at radius 3 is 2.74 bits per heavy atom. The predicted molar refractivity (Wildman–Crippen MR) is 94.2 cm³/mol. The maximum atomic E-state index is 10.3. The Balaban J connectivity index is 1.62. The van der Waals surface area contributed by atoms with E-state index in [1.165, 1.54) is 5.56 Å². The van der Waals surface area contributed by atoms with Gasteiger partial charge < -0.3 is 10.4 Å². The Kier molecular flexibility index (Phi) is 3.56. The maximum absolute atomic E-state index is 10.3. The number of para-hydroxylation sites is 1. The Morgan fingerprint density at radius 1 is 1.04 bits per heavy atom. The van der Waals surface area contributed by atoms with Gasteiger partial charge in [0.1, 0.15) is 0 Å². The molecule has 3 N–H and O–H groups in total. The van der Waals surface area contributed by atoms with E-state index in [0.717, 1.165) is 22.2 Å². The molecule has 0 fully saturated rings. The van der Waals surface area contributed by atoms with Crippen molar-refractivity contribution in [2.45, 2.75) is 18.6 Å². The summed E-state index contributed by atoms with van der Waals surface area (Å²) < 4.78 is 0. The number of aliphatic hydroxyl groups excluding tert-OH is 1. The number of nitrogens with one attached hydrogen (secondary N) is 2. The lowest BCUT2D eigenvalue weighted by atomic mass is 10.1. The average molecular weight is 321 g/mol. The number of hydrogen-bond donors (Lipinski definition) is 2. The zero-order chi connectivity index (χ0) is 15.8. The molecule has 1 aliphatic carbocycles.